The summed E-state index contributed by atoms with van der Waals surface area (Å²) in [6, 6.07) is 12.5. The summed E-state index contributed by atoms with van der Waals surface area (Å²) in [6.45, 7) is -1.46. The second kappa shape index (κ2) is 10.1. The zero-order chi connectivity index (χ0) is 20.5. The van der Waals surface area contributed by atoms with E-state index in [1.54, 1.807) is 24.3 Å². The molecule has 0 spiro atoms. The highest BCUT2D eigenvalue weighted by Gasteiger charge is 2.16. The van der Waals surface area contributed by atoms with Gasteiger partial charge in [-0.2, -0.15) is 8.78 Å². The molecule has 0 radical (unpaired) electrons. The van der Waals surface area contributed by atoms with Crippen molar-refractivity contribution in [3.05, 3.63) is 60.2 Å². The van der Waals surface area contributed by atoms with Crippen molar-refractivity contribution in [1.82, 2.24) is 0 Å². The Labute approximate surface area is 160 Å². The van der Waals surface area contributed by atoms with Crippen molar-refractivity contribution in [2.24, 2.45) is 0 Å². The number of anilines is 1. The number of benzene rings is 2. The Morgan fingerprint density at radius 1 is 1.07 bits per heavy atom. The van der Waals surface area contributed by atoms with Gasteiger partial charge >= 0.3 is 12.6 Å². The minimum absolute atomic E-state index is 0.0116. The van der Waals surface area contributed by atoms with Crippen molar-refractivity contribution in [3.63, 3.8) is 0 Å². The monoisotopic (exact) mass is 391 g/mol. The van der Waals surface area contributed by atoms with Gasteiger partial charge in [0, 0.05) is 17.8 Å². The second-order valence-corrected chi connectivity index (χ2v) is 5.58. The molecule has 0 fully saturated rings. The van der Waals surface area contributed by atoms with Gasteiger partial charge in [0.1, 0.15) is 11.5 Å². The van der Waals surface area contributed by atoms with Gasteiger partial charge in [0.15, 0.2) is 6.10 Å². The van der Waals surface area contributed by atoms with Crippen molar-refractivity contribution in [1.29, 1.82) is 0 Å². The van der Waals surface area contributed by atoms with Crippen molar-refractivity contribution < 1.29 is 32.6 Å². The fraction of sp³-hybridized carbons (Fsp3) is 0.200. The van der Waals surface area contributed by atoms with Crippen LogP contribution in [0.2, 0.25) is 0 Å². The van der Waals surface area contributed by atoms with E-state index in [1.807, 2.05) is 0 Å². The van der Waals surface area contributed by atoms with Gasteiger partial charge in [0.05, 0.1) is 7.11 Å². The third-order valence-electron chi connectivity index (χ3n) is 3.52. The molecule has 0 aliphatic heterocycles. The second-order valence-electron chi connectivity index (χ2n) is 5.58. The van der Waals surface area contributed by atoms with Crippen LogP contribution in [0.3, 0.4) is 0 Å². The molecule has 1 amide bonds. The lowest BCUT2D eigenvalue weighted by molar-refractivity contribution is -0.148. The summed E-state index contributed by atoms with van der Waals surface area (Å²) in [6.07, 6.45) is 1.55. The molecule has 0 unspecified atom stereocenters. The molecule has 0 heterocycles. The SMILES string of the molecule is COc1cccc(NC(=O)[C@H](C)OC(=O)/C=C/c2ccc(OC(F)F)cc2)c1. The zero-order valence-corrected chi connectivity index (χ0v) is 15.2. The van der Waals surface area contributed by atoms with E-state index in [4.69, 9.17) is 9.47 Å². The van der Waals surface area contributed by atoms with Crippen LogP contribution in [0.5, 0.6) is 11.5 Å². The summed E-state index contributed by atoms with van der Waals surface area (Å²) in [5.74, 6) is -0.627. The van der Waals surface area contributed by atoms with E-state index in [0.717, 1.165) is 6.08 Å². The number of hydrogen-bond acceptors (Lipinski definition) is 5. The lowest BCUT2D eigenvalue weighted by atomic mass is 10.2. The molecule has 6 nitrogen and oxygen atoms in total. The first-order chi connectivity index (χ1) is 13.4. The molecule has 1 atom stereocenters. The fourth-order valence-electron chi connectivity index (χ4n) is 2.14. The van der Waals surface area contributed by atoms with E-state index >= 15 is 0 Å². The maximum Gasteiger partial charge on any atom is 0.387 e. The highest BCUT2D eigenvalue weighted by Crippen LogP contribution is 2.17. The van der Waals surface area contributed by atoms with Crippen LogP contribution in [0.25, 0.3) is 6.08 Å². The zero-order valence-electron chi connectivity index (χ0n) is 15.2. The molecule has 0 saturated carbocycles. The quantitative estimate of drug-likeness (QED) is 0.546. The number of halogens is 2. The van der Waals surface area contributed by atoms with Gasteiger partial charge in [0.2, 0.25) is 0 Å². The number of carbonyl (C=O) groups excluding carboxylic acids is 2. The lowest BCUT2D eigenvalue weighted by Gasteiger charge is -2.13. The third kappa shape index (κ3) is 6.71. The first-order valence-corrected chi connectivity index (χ1v) is 8.26. The smallest absolute Gasteiger partial charge is 0.387 e. The Bertz CT molecular complexity index is 837. The molecular formula is C20H19F2NO5. The first kappa shape index (κ1) is 20.9. The molecule has 0 saturated heterocycles. The maximum atomic E-state index is 12.1. The number of ether oxygens (including phenoxy) is 3. The Morgan fingerprint density at radius 3 is 2.43 bits per heavy atom. The van der Waals surface area contributed by atoms with E-state index in [2.05, 4.69) is 10.1 Å². The van der Waals surface area contributed by atoms with Crippen LogP contribution in [0.4, 0.5) is 14.5 Å². The lowest BCUT2D eigenvalue weighted by Crippen LogP contribution is -2.29. The normalized spacial score (nSPS) is 11.9. The summed E-state index contributed by atoms with van der Waals surface area (Å²) in [5, 5.41) is 2.62. The molecule has 0 bridgehead atoms. The van der Waals surface area contributed by atoms with E-state index in [9.17, 15) is 18.4 Å². The minimum Gasteiger partial charge on any atom is -0.497 e. The Morgan fingerprint density at radius 2 is 1.79 bits per heavy atom. The van der Waals surface area contributed by atoms with Crippen LogP contribution >= 0.6 is 0 Å². The van der Waals surface area contributed by atoms with Crippen molar-refractivity contribution >= 4 is 23.6 Å². The topological polar surface area (TPSA) is 73.9 Å². The number of esters is 1. The summed E-state index contributed by atoms with van der Waals surface area (Å²) >= 11 is 0. The highest BCUT2D eigenvalue weighted by molar-refractivity contribution is 5.96. The summed E-state index contributed by atoms with van der Waals surface area (Å²) < 4.78 is 38.6. The summed E-state index contributed by atoms with van der Waals surface area (Å²) in [4.78, 5) is 24.0. The molecule has 2 rings (SSSR count). The molecule has 148 valence electrons. The summed E-state index contributed by atoms with van der Waals surface area (Å²) in [7, 11) is 1.51. The molecule has 28 heavy (non-hydrogen) atoms. The number of carbonyl (C=O) groups is 2. The molecular weight excluding hydrogens is 372 g/mol. The number of methoxy groups -OCH3 is 1. The van der Waals surface area contributed by atoms with E-state index in [0.29, 0.717) is 17.0 Å². The van der Waals surface area contributed by atoms with Crippen LogP contribution in [-0.4, -0.2) is 31.7 Å². The largest absolute Gasteiger partial charge is 0.497 e. The van der Waals surface area contributed by atoms with Crippen LogP contribution in [0, 0.1) is 0 Å². The summed E-state index contributed by atoms with van der Waals surface area (Å²) in [5.41, 5.74) is 1.08. The van der Waals surface area contributed by atoms with Crippen LogP contribution in [-0.2, 0) is 14.3 Å². The predicted octanol–water partition coefficient (Wildman–Crippen LogP) is 3.88. The van der Waals surface area contributed by atoms with Crippen LogP contribution in [0.1, 0.15) is 12.5 Å². The van der Waals surface area contributed by atoms with E-state index in [1.165, 1.54) is 44.4 Å². The Kier molecular flexibility index (Phi) is 7.50. The van der Waals surface area contributed by atoms with Crippen molar-refractivity contribution in [3.8, 4) is 11.5 Å². The first-order valence-electron chi connectivity index (χ1n) is 8.26. The van der Waals surface area contributed by atoms with Gasteiger partial charge in [0.25, 0.3) is 5.91 Å². The predicted molar refractivity (Wildman–Crippen MR) is 99.3 cm³/mol. The molecule has 0 aromatic heterocycles. The fourth-order valence-corrected chi connectivity index (χ4v) is 2.14. The van der Waals surface area contributed by atoms with Gasteiger partial charge in [-0.05, 0) is 42.8 Å². The van der Waals surface area contributed by atoms with Crippen molar-refractivity contribution in [2.45, 2.75) is 19.6 Å². The average Bonchev–Trinajstić information content (AvgIpc) is 2.67. The van der Waals surface area contributed by atoms with Crippen LogP contribution < -0.4 is 14.8 Å². The van der Waals surface area contributed by atoms with E-state index < -0.39 is 24.6 Å². The highest BCUT2D eigenvalue weighted by atomic mass is 19.3. The Balaban J connectivity index is 1.87. The molecule has 2 aromatic rings. The van der Waals surface area contributed by atoms with E-state index in [-0.39, 0.29) is 5.75 Å². The molecule has 0 aliphatic carbocycles. The van der Waals surface area contributed by atoms with Crippen molar-refractivity contribution in [2.75, 3.05) is 12.4 Å². The standard InChI is InChI=1S/C20H19F2NO5/c1-13(19(25)23-15-4-3-5-17(12-15)26-2)27-18(24)11-8-14-6-9-16(10-7-14)28-20(21)22/h3-13,20H,1-2H3,(H,23,25)/b11-8+/t13-/m0/s1. The number of amides is 1. The number of hydrogen-bond donors (Lipinski definition) is 1. The van der Waals surface area contributed by atoms with Gasteiger partial charge in [-0.15, -0.1) is 0 Å². The molecule has 2 aromatic carbocycles. The molecule has 1 N–H and O–H groups in total. The number of nitrogens with one attached hydrogen (secondary N) is 1. The number of alkyl halides is 2. The Hall–Kier alpha value is -3.42. The maximum absolute atomic E-state index is 12.1. The van der Waals surface area contributed by atoms with Crippen LogP contribution in [0.15, 0.2) is 54.6 Å². The molecule has 8 heteroatoms. The number of rotatable bonds is 8. The van der Waals surface area contributed by atoms with Gasteiger partial charge in [-0.1, -0.05) is 18.2 Å². The molecule has 0 aliphatic rings. The van der Waals surface area contributed by atoms with Gasteiger partial charge in [-0.3, -0.25) is 4.79 Å². The third-order valence-corrected chi connectivity index (χ3v) is 3.52. The minimum atomic E-state index is -2.90. The van der Waals surface area contributed by atoms with Gasteiger partial charge < -0.3 is 19.5 Å². The average molecular weight is 391 g/mol. The van der Waals surface area contributed by atoms with Gasteiger partial charge in [-0.25, -0.2) is 4.79 Å².